The Balaban J connectivity index is 4.87. The molecule has 428 valence electrons. The summed E-state index contributed by atoms with van der Waals surface area (Å²) in [5.41, 5.74) is 0. The summed E-state index contributed by atoms with van der Waals surface area (Å²) in [4.78, 5) is 48.5. The molecule has 0 radical (unpaired) electrons. The number of aliphatic hydroxyl groups excluding tert-OH is 1. The van der Waals surface area contributed by atoms with E-state index in [9.17, 15) is 28.9 Å². The molecule has 0 saturated carbocycles. The highest BCUT2D eigenvalue weighted by molar-refractivity contribution is 7.47. The van der Waals surface area contributed by atoms with Gasteiger partial charge in [0.2, 0.25) is 0 Å². The summed E-state index contributed by atoms with van der Waals surface area (Å²) in [6.07, 6.45) is 72.4. The van der Waals surface area contributed by atoms with Gasteiger partial charge in [-0.1, -0.05) is 199 Å². The number of phosphoric ester groups is 1. The molecule has 0 aromatic heterocycles. The molecule has 0 saturated heterocycles. The van der Waals surface area contributed by atoms with Gasteiger partial charge in [0.05, 0.1) is 19.8 Å². The summed E-state index contributed by atoms with van der Waals surface area (Å²) in [5, 5.41) is 9.81. The minimum absolute atomic E-state index is 0.0870. The van der Waals surface area contributed by atoms with Crippen LogP contribution in [0, 0.1) is 0 Å². The highest BCUT2D eigenvalue weighted by Gasteiger charge is 2.28. The molecule has 12 heteroatoms. The summed E-state index contributed by atoms with van der Waals surface area (Å²) in [6, 6.07) is 0. The van der Waals surface area contributed by atoms with Gasteiger partial charge in [-0.2, -0.15) is 0 Å². The molecule has 0 aliphatic heterocycles. The Hall–Kier alpha value is -4.64. The number of unbranched alkanes of at least 4 members (excludes halogenated alkanes) is 10. The van der Waals surface area contributed by atoms with Crippen LogP contribution in [0.4, 0.5) is 0 Å². The number of hydrogen-bond donors (Lipinski definition) is 2. The lowest BCUT2D eigenvalue weighted by Crippen LogP contribution is -2.30. The fourth-order valence-corrected chi connectivity index (χ4v) is 7.71. The molecule has 2 N–H and O–H groups in total. The Morgan fingerprint density at radius 2 is 0.697 bits per heavy atom. The van der Waals surface area contributed by atoms with Crippen molar-refractivity contribution in [3.05, 3.63) is 146 Å². The standard InChI is InChI=1S/C64H101O11P/c1-4-7-10-13-16-19-22-25-27-29-30-32-34-37-40-43-46-49-52-55-64(68)75-61(57-71-62(66)53-50-47-44-41-38-35-24-21-18-15-12-9-6-3)59-73-76(69,70)72-58-60(56-65)74-63(67)54-51-48-45-42-39-36-33-31-28-26-23-20-17-14-11-8-5-2/h7-8,10-12,15-17,19-21,24-28,30,32-33,36-37,40,42,45,60-61,65H,4-6,9,13-14,18,22-23,29,31,34-35,38-39,41,43-44,46-59H2,1-3H3,(H,69,70)/b10-7-,11-8-,15-12-,19-16-,20-17-,24-21-,27-25-,28-26-,32-30-,36-33-,40-37-,45-42-. The molecule has 3 atom stereocenters. The molecular weight excluding hydrogens is 976 g/mol. The zero-order valence-corrected chi connectivity index (χ0v) is 48.0. The van der Waals surface area contributed by atoms with Gasteiger partial charge in [-0.15, -0.1) is 0 Å². The maximum absolute atomic E-state index is 12.9. The Kier molecular flexibility index (Phi) is 53.1. The number of phosphoric acid groups is 1. The molecule has 0 aliphatic carbocycles. The number of carbonyl (C=O) groups excluding carboxylic acids is 3. The van der Waals surface area contributed by atoms with Crippen molar-refractivity contribution in [3.8, 4) is 0 Å². The van der Waals surface area contributed by atoms with Crippen LogP contribution >= 0.6 is 7.82 Å². The second kappa shape index (κ2) is 56.6. The Morgan fingerprint density at radius 3 is 1.12 bits per heavy atom. The third kappa shape index (κ3) is 54.2. The van der Waals surface area contributed by atoms with Gasteiger partial charge >= 0.3 is 25.7 Å². The minimum Gasteiger partial charge on any atom is -0.462 e. The van der Waals surface area contributed by atoms with Gasteiger partial charge in [0, 0.05) is 19.3 Å². The van der Waals surface area contributed by atoms with Crippen LogP contribution in [-0.4, -0.2) is 66.5 Å². The number of rotatable bonds is 51. The number of esters is 3. The number of hydrogen-bond acceptors (Lipinski definition) is 10. The molecule has 0 rings (SSSR count). The predicted molar refractivity (Wildman–Crippen MR) is 316 cm³/mol. The first-order chi connectivity index (χ1) is 37.2. The van der Waals surface area contributed by atoms with Gasteiger partial charge in [-0.25, -0.2) is 4.57 Å². The number of allylic oxidation sites excluding steroid dienone is 24. The summed E-state index contributed by atoms with van der Waals surface area (Å²) in [6.45, 7) is 4.20. The van der Waals surface area contributed by atoms with E-state index in [0.29, 0.717) is 25.7 Å². The van der Waals surface area contributed by atoms with Crippen molar-refractivity contribution in [2.45, 2.75) is 213 Å². The molecule has 0 fully saturated rings. The maximum atomic E-state index is 12.9. The van der Waals surface area contributed by atoms with Crippen LogP contribution in [0.5, 0.6) is 0 Å². The van der Waals surface area contributed by atoms with Crippen molar-refractivity contribution in [1.29, 1.82) is 0 Å². The molecular formula is C64H101O11P. The molecule has 0 aromatic rings. The van der Waals surface area contributed by atoms with E-state index >= 15 is 0 Å². The van der Waals surface area contributed by atoms with E-state index in [4.69, 9.17) is 23.3 Å². The third-order valence-corrected chi connectivity index (χ3v) is 12.2. The molecule has 3 unspecified atom stereocenters. The smallest absolute Gasteiger partial charge is 0.462 e. The van der Waals surface area contributed by atoms with Crippen molar-refractivity contribution < 1.29 is 52.2 Å². The molecule has 0 spiro atoms. The van der Waals surface area contributed by atoms with Crippen LogP contribution < -0.4 is 0 Å². The number of carbonyl (C=O) groups is 3. The van der Waals surface area contributed by atoms with Gasteiger partial charge in [-0.3, -0.25) is 23.4 Å². The predicted octanol–water partition coefficient (Wildman–Crippen LogP) is 17.1. The lowest BCUT2D eigenvalue weighted by Gasteiger charge is -2.21. The van der Waals surface area contributed by atoms with E-state index in [-0.39, 0.29) is 25.9 Å². The fourth-order valence-electron chi connectivity index (χ4n) is 6.92. The van der Waals surface area contributed by atoms with Crippen LogP contribution in [0.2, 0.25) is 0 Å². The first-order valence-electron chi connectivity index (χ1n) is 28.7. The van der Waals surface area contributed by atoms with E-state index in [2.05, 4.69) is 154 Å². The van der Waals surface area contributed by atoms with Crippen molar-refractivity contribution >= 4 is 25.7 Å². The fraction of sp³-hybridized carbons (Fsp3) is 0.578. The summed E-state index contributed by atoms with van der Waals surface area (Å²) < 4.78 is 39.4. The van der Waals surface area contributed by atoms with Gasteiger partial charge in [0.15, 0.2) is 6.10 Å². The highest BCUT2D eigenvalue weighted by Crippen LogP contribution is 2.43. The zero-order valence-electron chi connectivity index (χ0n) is 47.2. The summed E-state index contributed by atoms with van der Waals surface area (Å²) in [7, 11) is -4.79. The van der Waals surface area contributed by atoms with Crippen LogP contribution in [0.1, 0.15) is 201 Å². The molecule has 0 heterocycles. The average molecular weight is 1080 g/mol. The van der Waals surface area contributed by atoms with Crippen molar-refractivity contribution in [1.82, 2.24) is 0 Å². The van der Waals surface area contributed by atoms with E-state index in [1.165, 1.54) is 0 Å². The summed E-state index contributed by atoms with van der Waals surface area (Å²) in [5.74, 6) is -1.60. The van der Waals surface area contributed by atoms with Gasteiger partial charge in [0.25, 0.3) is 0 Å². The van der Waals surface area contributed by atoms with Gasteiger partial charge in [0.1, 0.15) is 12.7 Å². The van der Waals surface area contributed by atoms with Crippen LogP contribution in [0.3, 0.4) is 0 Å². The normalized spacial score (nSPS) is 14.4. The van der Waals surface area contributed by atoms with Gasteiger partial charge in [-0.05, 0) is 128 Å². The second-order valence-electron chi connectivity index (χ2n) is 18.3. The largest absolute Gasteiger partial charge is 0.472 e. The summed E-state index contributed by atoms with van der Waals surface area (Å²) >= 11 is 0. The number of aliphatic hydroxyl groups is 1. The van der Waals surface area contributed by atoms with E-state index < -0.39 is 57.8 Å². The average Bonchev–Trinajstić information content (AvgIpc) is 3.41. The third-order valence-electron chi connectivity index (χ3n) is 11.2. The maximum Gasteiger partial charge on any atom is 0.472 e. The second-order valence-corrected chi connectivity index (χ2v) is 19.8. The SMILES string of the molecule is CC/C=C\C/C=C\C/C=C\C/C=C\C/C=C\CCCCCC(=O)OC(COC(=O)CCCCCCC/C=C\C/C=C\CCC)COP(=O)(O)OCC(CO)OC(=O)CCC/C=C\C/C=C\C/C=C\C/C=C\C/C=C\CC. The molecule has 0 aromatic carbocycles. The molecule has 0 amide bonds. The van der Waals surface area contributed by atoms with Crippen molar-refractivity contribution in [2.24, 2.45) is 0 Å². The zero-order chi connectivity index (χ0) is 55.5. The quantitative estimate of drug-likeness (QED) is 0.0197. The lowest BCUT2D eigenvalue weighted by molar-refractivity contribution is -0.161. The van der Waals surface area contributed by atoms with Crippen LogP contribution in [0.15, 0.2) is 146 Å². The molecule has 0 bridgehead atoms. The Bertz CT molecular complexity index is 1830. The minimum atomic E-state index is -4.79. The van der Waals surface area contributed by atoms with Gasteiger partial charge < -0.3 is 24.2 Å². The first kappa shape index (κ1) is 71.4. The highest BCUT2D eigenvalue weighted by atomic mass is 31.2. The van der Waals surface area contributed by atoms with E-state index in [1.54, 1.807) is 0 Å². The Labute approximate surface area is 461 Å². The molecule has 0 aliphatic rings. The Morgan fingerprint density at radius 1 is 0.382 bits per heavy atom. The lowest BCUT2D eigenvalue weighted by atomic mass is 10.1. The van der Waals surface area contributed by atoms with Crippen molar-refractivity contribution in [2.75, 3.05) is 26.4 Å². The monoisotopic (exact) mass is 1080 g/mol. The number of ether oxygens (including phenoxy) is 3. The van der Waals surface area contributed by atoms with Crippen LogP contribution in [0.25, 0.3) is 0 Å². The van der Waals surface area contributed by atoms with E-state index in [0.717, 1.165) is 135 Å². The molecule has 76 heavy (non-hydrogen) atoms. The molecule has 11 nitrogen and oxygen atoms in total. The van der Waals surface area contributed by atoms with Crippen molar-refractivity contribution in [3.63, 3.8) is 0 Å². The first-order valence-corrected chi connectivity index (χ1v) is 30.2. The van der Waals surface area contributed by atoms with E-state index in [1.807, 2.05) is 12.2 Å². The van der Waals surface area contributed by atoms with Crippen LogP contribution in [-0.2, 0) is 42.2 Å². The topological polar surface area (TPSA) is 155 Å².